The molecule has 1 aromatic carbocycles. The van der Waals surface area contributed by atoms with Crippen molar-refractivity contribution in [2.75, 3.05) is 7.11 Å². The molecule has 0 saturated heterocycles. The molecule has 1 aliphatic carbocycles. The van der Waals surface area contributed by atoms with Crippen LogP contribution in [0.4, 0.5) is 4.39 Å². The Labute approximate surface area is 88.3 Å². The van der Waals surface area contributed by atoms with E-state index in [2.05, 4.69) is 6.07 Å². The van der Waals surface area contributed by atoms with Crippen LogP contribution in [-0.2, 0) is 5.41 Å². The van der Waals surface area contributed by atoms with Gasteiger partial charge in [-0.15, -0.1) is 0 Å². The van der Waals surface area contributed by atoms with Gasteiger partial charge in [-0.25, -0.2) is 4.39 Å². The maximum absolute atomic E-state index is 13.2. The number of benzene rings is 1. The molecule has 15 heavy (non-hydrogen) atoms. The van der Waals surface area contributed by atoms with E-state index in [0.29, 0.717) is 0 Å². The zero-order valence-corrected chi connectivity index (χ0v) is 8.59. The van der Waals surface area contributed by atoms with Crippen molar-refractivity contribution < 1.29 is 9.13 Å². The maximum Gasteiger partial charge on any atom is 0.165 e. The minimum atomic E-state index is -0.402. The van der Waals surface area contributed by atoms with Crippen molar-refractivity contribution in [1.82, 2.24) is 0 Å². The average Bonchev–Trinajstić information content (AvgIpc) is 2.19. The van der Waals surface area contributed by atoms with Crippen LogP contribution >= 0.6 is 0 Å². The van der Waals surface area contributed by atoms with E-state index in [0.717, 1.165) is 24.8 Å². The van der Waals surface area contributed by atoms with Crippen molar-refractivity contribution >= 4 is 0 Å². The first kappa shape index (κ1) is 9.97. The van der Waals surface area contributed by atoms with E-state index in [1.807, 2.05) is 0 Å². The molecule has 1 aromatic rings. The van der Waals surface area contributed by atoms with Gasteiger partial charge in [0.1, 0.15) is 0 Å². The minimum absolute atomic E-state index is 0.217. The third-order valence-corrected chi connectivity index (χ3v) is 3.12. The number of ether oxygens (including phenoxy) is 1. The Kier molecular flexibility index (Phi) is 2.36. The first-order chi connectivity index (χ1) is 7.22. The molecular weight excluding hydrogens is 193 g/mol. The topological polar surface area (TPSA) is 33.0 Å². The number of hydrogen-bond acceptors (Lipinski definition) is 2. The van der Waals surface area contributed by atoms with Gasteiger partial charge in [-0.3, -0.25) is 0 Å². The number of nitrogens with zero attached hydrogens (tertiary/aromatic N) is 1. The molecule has 0 radical (unpaired) electrons. The summed E-state index contributed by atoms with van der Waals surface area (Å²) in [6.07, 6.45) is 2.78. The summed E-state index contributed by atoms with van der Waals surface area (Å²) in [5.74, 6) is -0.164. The Morgan fingerprint density at radius 2 is 2.20 bits per heavy atom. The molecule has 2 rings (SSSR count). The second-order valence-corrected chi connectivity index (χ2v) is 3.90. The van der Waals surface area contributed by atoms with Crippen LogP contribution in [0.5, 0.6) is 5.75 Å². The molecule has 1 fully saturated rings. The minimum Gasteiger partial charge on any atom is -0.494 e. The zero-order chi connectivity index (χ0) is 10.9. The van der Waals surface area contributed by atoms with Gasteiger partial charge in [0.15, 0.2) is 11.6 Å². The lowest BCUT2D eigenvalue weighted by Crippen LogP contribution is -2.32. The van der Waals surface area contributed by atoms with Gasteiger partial charge in [0.25, 0.3) is 0 Å². The van der Waals surface area contributed by atoms with E-state index in [-0.39, 0.29) is 11.6 Å². The van der Waals surface area contributed by atoms with Crippen molar-refractivity contribution in [2.45, 2.75) is 24.7 Å². The number of rotatable bonds is 2. The van der Waals surface area contributed by atoms with Gasteiger partial charge >= 0.3 is 0 Å². The summed E-state index contributed by atoms with van der Waals surface area (Å²) in [7, 11) is 1.43. The summed E-state index contributed by atoms with van der Waals surface area (Å²) < 4.78 is 18.1. The summed E-state index contributed by atoms with van der Waals surface area (Å²) in [6, 6.07) is 7.01. The van der Waals surface area contributed by atoms with Crippen LogP contribution in [0, 0.1) is 17.1 Å². The van der Waals surface area contributed by atoms with Gasteiger partial charge in [0.2, 0.25) is 0 Å². The summed E-state index contributed by atoms with van der Waals surface area (Å²) in [6.45, 7) is 0. The number of halogens is 1. The summed E-state index contributed by atoms with van der Waals surface area (Å²) in [5.41, 5.74) is 0.468. The number of hydrogen-bond donors (Lipinski definition) is 0. The first-order valence-corrected chi connectivity index (χ1v) is 4.97. The van der Waals surface area contributed by atoms with E-state index in [4.69, 9.17) is 10.00 Å². The molecule has 2 nitrogen and oxygen atoms in total. The molecule has 0 N–H and O–H groups in total. The van der Waals surface area contributed by atoms with E-state index in [9.17, 15) is 4.39 Å². The Hall–Kier alpha value is -1.56. The highest BCUT2D eigenvalue weighted by Gasteiger charge is 2.39. The van der Waals surface area contributed by atoms with Crippen LogP contribution < -0.4 is 4.74 Å². The standard InChI is InChI=1S/C12H12FNO/c1-15-11-7-9(3-4-10(11)13)12(8-14)5-2-6-12/h3-4,7H,2,5-6H2,1H3. The fourth-order valence-corrected chi connectivity index (χ4v) is 1.95. The highest BCUT2D eigenvalue weighted by Crippen LogP contribution is 2.44. The highest BCUT2D eigenvalue weighted by molar-refractivity contribution is 5.40. The molecule has 1 aliphatic rings. The molecule has 0 heterocycles. The lowest BCUT2D eigenvalue weighted by Gasteiger charge is -2.35. The predicted octanol–water partition coefficient (Wildman–Crippen LogP) is 2.78. The fraction of sp³-hybridized carbons (Fsp3) is 0.417. The molecule has 3 heteroatoms. The molecule has 0 aromatic heterocycles. The monoisotopic (exact) mass is 205 g/mol. The predicted molar refractivity (Wildman–Crippen MR) is 54.1 cm³/mol. The fourth-order valence-electron chi connectivity index (χ4n) is 1.95. The van der Waals surface area contributed by atoms with E-state index < -0.39 is 5.41 Å². The van der Waals surface area contributed by atoms with Crippen molar-refractivity contribution in [3.8, 4) is 11.8 Å². The van der Waals surface area contributed by atoms with E-state index in [1.54, 1.807) is 12.1 Å². The molecule has 0 aliphatic heterocycles. The molecule has 1 saturated carbocycles. The smallest absolute Gasteiger partial charge is 0.165 e. The summed E-state index contributed by atoms with van der Waals surface area (Å²) in [5, 5.41) is 9.14. The van der Waals surface area contributed by atoms with Gasteiger partial charge < -0.3 is 4.74 Å². The lowest BCUT2D eigenvalue weighted by molar-refractivity contribution is 0.320. The van der Waals surface area contributed by atoms with Crippen LogP contribution in [-0.4, -0.2) is 7.11 Å². The van der Waals surface area contributed by atoms with E-state index >= 15 is 0 Å². The third kappa shape index (κ3) is 1.46. The van der Waals surface area contributed by atoms with Gasteiger partial charge in [-0.2, -0.15) is 5.26 Å². The molecule has 0 bridgehead atoms. The molecule has 78 valence electrons. The number of methoxy groups -OCH3 is 1. The Bertz CT molecular complexity index is 418. The highest BCUT2D eigenvalue weighted by atomic mass is 19.1. The molecule has 0 amide bonds. The zero-order valence-electron chi connectivity index (χ0n) is 8.59. The van der Waals surface area contributed by atoms with Crippen LogP contribution in [0.25, 0.3) is 0 Å². The first-order valence-electron chi connectivity index (χ1n) is 4.97. The van der Waals surface area contributed by atoms with Gasteiger partial charge in [0.05, 0.1) is 18.6 Å². The molecule has 0 spiro atoms. The molecule has 0 atom stereocenters. The Balaban J connectivity index is 2.41. The molecular formula is C12H12FNO. The molecule has 0 unspecified atom stereocenters. The van der Waals surface area contributed by atoms with Gasteiger partial charge in [-0.1, -0.05) is 6.07 Å². The quantitative estimate of drug-likeness (QED) is 0.743. The van der Waals surface area contributed by atoms with Gasteiger partial charge in [-0.05, 0) is 37.0 Å². The van der Waals surface area contributed by atoms with Gasteiger partial charge in [0, 0.05) is 0 Å². The third-order valence-electron chi connectivity index (χ3n) is 3.12. The maximum atomic E-state index is 13.2. The van der Waals surface area contributed by atoms with Crippen LogP contribution in [0.2, 0.25) is 0 Å². The largest absolute Gasteiger partial charge is 0.494 e. The summed E-state index contributed by atoms with van der Waals surface area (Å²) in [4.78, 5) is 0. The van der Waals surface area contributed by atoms with Crippen molar-refractivity contribution in [3.05, 3.63) is 29.6 Å². The normalized spacial score (nSPS) is 17.7. The van der Waals surface area contributed by atoms with Crippen LogP contribution in [0.1, 0.15) is 24.8 Å². The van der Waals surface area contributed by atoms with Crippen LogP contribution in [0.3, 0.4) is 0 Å². The van der Waals surface area contributed by atoms with E-state index in [1.165, 1.54) is 13.2 Å². The Morgan fingerprint density at radius 1 is 1.47 bits per heavy atom. The number of nitriles is 1. The SMILES string of the molecule is COc1cc(C2(C#N)CCC2)ccc1F. The van der Waals surface area contributed by atoms with Crippen molar-refractivity contribution in [2.24, 2.45) is 0 Å². The van der Waals surface area contributed by atoms with Crippen molar-refractivity contribution in [3.63, 3.8) is 0 Å². The second kappa shape index (κ2) is 3.54. The second-order valence-electron chi connectivity index (χ2n) is 3.90. The summed E-state index contributed by atoms with van der Waals surface area (Å²) >= 11 is 0. The average molecular weight is 205 g/mol. The van der Waals surface area contributed by atoms with Crippen LogP contribution in [0.15, 0.2) is 18.2 Å². The lowest BCUT2D eigenvalue weighted by atomic mass is 9.65. The Morgan fingerprint density at radius 3 is 2.67 bits per heavy atom. The van der Waals surface area contributed by atoms with Crippen molar-refractivity contribution in [1.29, 1.82) is 5.26 Å².